The zero-order valence-corrected chi connectivity index (χ0v) is 13.1. The van der Waals surface area contributed by atoms with Gasteiger partial charge < -0.3 is 4.90 Å². The van der Waals surface area contributed by atoms with Gasteiger partial charge in [0.1, 0.15) is 5.56 Å². The molecule has 0 N–H and O–H groups in total. The highest BCUT2D eigenvalue weighted by Crippen LogP contribution is 2.23. The van der Waals surface area contributed by atoms with Gasteiger partial charge in [-0.15, -0.1) is 0 Å². The first-order chi connectivity index (χ1) is 9.95. The molecule has 0 bridgehead atoms. The maximum atomic E-state index is 12.8. The zero-order valence-electron chi connectivity index (χ0n) is 13.1. The molecule has 112 valence electrons. The summed E-state index contributed by atoms with van der Waals surface area (Å²) in [5.74, 6) is 1.16. The van der Waals surface area contributed by atoms with E-state index in [0.29, 0.717) is 23.0 Å². The minimum absolute atomic E-state index is 0.0564. The largest absolute Gasteiger partial charge is 0.338 e. The lowest BCUT2D eigenvalue weighted by molar-refractivity contribution is 0.0625. The molecule has 1 fully saturated rings. The zero-order chi connectivity index (χ0) is 15.1. The summed E-state index contributed by atoms with van der Waals surface area (Å²) in [5.41, 5.74) is 3.19. The molecule has 0 radical (unpaired) electrons. The van der Waals surface area contributed by atoms with Gasteiger partial charge in [-0.3, -0.25) is 4.79 Å². The Balaban J connectivity index is 1.98. The molecule has 2 atom stereocenters. The monoisotopic (exact) mass is 286 g/mol. The molecule has 2 aromatic heterocycles. The highest BCUT2D eigenvalue weighted by molar-refractivity contribution is 5.99. The van der Waals surface area contributed by atoms with Crippen LogP contribution >= 0.6 is 0 Å². The lowest BCUT2D eigenvalue weighted by Gasteiger charge is -2.34. The number of amides is 1. The van der Waals surface area contributed by atoms with Gasteiger partial charge in [0.05, 0.1) is 6.20 Å². The smallest absolute Gasteiger partial charge is 0.259 e. The van der Waals surface area contributed by atoms with E-state index in [1.807, 2.05) is 24.8 Å². The summed E-state index contributed by atoms with van der Waals surface area (Å²) in [4.78, 5) is 19.3. The van der Waals surface area contributed by atoms with Crippen LogP contribution in [0.25, 0.3) is 5.65 Å². The number of aryl methyl sites for hydroxylation is 2. The van der Waals surface area contributed by atoms with Crippen molar-refractivity contribution in [2.75, 3.05) is 13.1 Å². The van der Waals surface area contributed by atoms with E-state index in [1.165, 1.54) is 6.42 Å². The summed E-state index contributed by atoms with van der Waals surface area (Å²) in [5, 5.41) is 4.32. The van der Waals surface area contributed by atoms with E-state index in [9.17, 15) is 4.79 Å². The second-order valence-corrected chi connectivity index (χ2v) is 6.49. The molecule has 1 amide bonds. The molecule has 21 heavy (non-hydrogen) atoms. The number of likely N-dealkylation sites (tertiary alicyclic amines) is 1. The Morgan fingerprint density at radius 2 is 1.90 bits per heavy atom. The lowest BCUT2D eigenvalue weighted by atomic mass is 9.91. The first kappa shape index (κ1) is 14.0. The van der Waals surface area contributed by atoms with Crippen LogP contribution in [0.2, 0.25) is 0 Å². The average molecular weight is 286 g/mol. The molecule has 0 aliphatic carbocycles. The average Bonchev–Trinajstić information content (AvgIpc) is 2.80. The van der Waals surface area contributed by atoms with Crippen molar-refractivity contribution in [3.63, 3.8) is 0 Å². The number of nitrogens with zero attached hydrogens (tertiary/aromatic N) is 4. The second kappa shape index (κ2) is 5.13. The van der Waals surface area contributed by atoms with E-state index in [1.54, 1.807) is 10.7 Å². The molecular weight excluding hydrogens is 264 g/mol. The first-order valence-corrected chi connectivity index (χ1v) is 7.57. The van der Waals surface area contributed by atoms with Crippen LogP contribution in [-0.2, 0) is 0 Å². The number of hydrogen-bond acceptors (Lipinski definition) is 3. The molecular formula is C16H22N4O. The summed E-state index contributed by atoms with van der Waals surface area (Å²) in [6.07, 6.45) is 2.84. The van der Waals surface area contributed by atoms with Crippen LogP contribution in [0, 0.1) is 25.7 Å². The Labute approximate surface area is 125 Å². The quantitative estimate of drug-likeness (QED) is 0.809. The Morgan fingerprint density at radius 3 is 2.57 bits per heavy atom. The summed E-state index contributed by atoms with van der Waals surface area (Å²) in [6.45, 7) is 9.99. The molecule has 1 saturated heterocycles. The van der Waals surface area contributed by atoms with Crippen molar-refractivity contribution in [3.05, 3.63) is 29.2 Å². The maximum absolute atomic E-state index is 12.8. The number of fused-ring (bicyclic) bond motifs is 1. The number of carbonyl (C=O) groups is 1. The number of piperidine rings is 1. The van der Waals surface area contributed by atoms with Gasteiger partial charge in [-0.25, -0.2) is 9.50 Å². The van der Waals surface area contributed by atoms with Crippen LogP contribution < -0.4 is 0 Å². The summed E-state index contributed by atoms with van der Waals surface area (Å²) < 4.78 is 1.75. The van der Waals surface area contributed by atoms with Crippen molar-refractivity contribution in [2.45, 2.75) is 34.1 Å². The highest BCUT2D eigenvalue weighted by atomic mass is 16.2. The van der Waals surface area contributed by atoms with Gasteiger partial charge in [-0.1, -0.05) is 13.8 Å². The molecule has 2 aromatic rings. The Hall–Kier alpha value is -1.91. The summed E-state index contributed by atoms with van der Waals surface area (Å²) >= 11 is 0. The molecule has 3 rings (SSSR count). The van der Waals surface area contributed by atoms with Crippen LogP contribution in [-0.4, -0.2) is 38.5 Å². The maximum Gasteiger partial charge on any atom is 0.259 e. The molecule has 0 spiro atoms. The third kappa shape index (κ3) is 2.52. The van der Waals surface area contributed by atoms with Gasteiger partial charge in [0, 0.05) is 24.5 Å². The third-order valence-corrected chi connectivity index (χ3v) is 4.16. The lowest BCUT2D eigenvalue weighted by Crippen LogP contribution is -2.42. The number of hydrogen-bond donors (Lipinski definition) is 0. The van der Waals surface area contributed by atoms with Gasteiger partial charge >= 0.3 is 0 Å². The van der Waals surface area contributed by atoms with Gasteiger partial charge in [-0.05, 0) is 38.2 Å². The fourth-order valence-electron chi connectivity index (χ4n) is 3.42. The molecule has 3 heterocycles. The molecule has 5 heteroatoms. The number of aromatic nitrogens is 3. The van der Waals surface area contributed by atoms with E-state index >= 15 is 0 Å². The van der Waals surface area contributed by atoms with E-state index in [4.69, 9.17) is 0 Å². The fourth-order valence-corrected chi connectivity index (χ4v) is 3.42. The van der Waals surface area contributed by atoms with Crippen molar-refractivity contribution in [1.82, 2.24) is 19.5 Å². The van der Waals surface area contributed by atoms with E-state index in [2.05, 4.69) is 23.9 Å². The number of carbonyl (C=O) groups excluding carboxylic acids is 1. The van der Waals surface area contributed by atoms with Crippen LogP contribution in [0.4, 0.5) is 0 Å². The normalized spacial score (nSPS) is 22.8. The van der Waals surface area contributed by atoms with Crippen molar-refractivity contribution >= 4 is 11.6 Å². The van der Waals surface area contributed by atoms with Crippen LogP contribution in [0.15, 0.2) is 12.3 Å². The van der Waals surface area contributed by atoms with Crippen molar-refractivity contribution in [3.8, 4) is 0 Å². The summed E-state index contributed by atoms with van der Waals surface area (Å²) in [6, 6.07) is 1.97. The second-order valence-electron chi connectivity index (χ2n) is 6.49. The van der Waals surface area contributed by atoms with Gasteiger partial charge in [0.25, 0.3) is 5.91 Å². The van der Waals surface area contributed by atoms with E-state index in [0.717, 1.165) is 24.5 Å². The van der Waals surface area contributed by atoms with Crippen LogP contribution in [0.1, 0.15) is 42.0 Å². The van der Waals surface area contributed by atoms with Crippen molar-refractivity contribution in [1.29, 1.82) is 0 Å². The molecule has 0 aromatic carbocycles. The van der Waals surface area contributed by atoms with Crippen molar-refractivity contribution in [2.24, 2.45) is 11.8 Å². The van der Waals surface area contributed by atoms with Crippen LogP contribution in [0.3, 0.4) is 0 Å². The highest BCUT2D eigenvalue weighted by Gasteiger charge is 2.28. The van der Waals surface area contributed by atoms with E-state index < -0.39 is 0 Å². The van der Waals surface area contributed by atoms with Gasteiger partial charge in [0.15, 0.2) is 5.65 Å². The van der Waals surface area contributed by atoms with Gasteiger partial charge in [-0.2, -0.15) is 5.10 Å². The molecule has 0 saturated carbocycles. The van der Waals surface area contributed by atoms with Gasteiger partial charge in [0.2, 0.25) is 0 Å². The molecule has 5 nitrogen and oxygen atoms in total. The van der Waals surface area contributed by atoms with Crippen molar-refractivity contribution < 1.29 is 4.79 Å². The molecule has 1 aliphatic rings. The standard InChI is InChI=1S/C16H22N4O/c1-10-5-11(2)9-19(8-10)16(21)14-7-17-20-13(4)6-12(3)18-15(14)20/h6-7,10-11H,5,8-9H2,1-4H3/t10-,11+. The van der Waals surface area contributed by atoms with Crippen LogP contribution in [0.5, 0.6) is 0 Å². The predicted molar refractivity (Wildman–Crippen MR) is 81.3 cm³/mol. The SMILES string of the molecule is Cc1cc(C)n2ncc(C(=O)N3C[C@H](C)C[C@H](C)C3)c2n1. The fraction of sp³-hybridized carbons (Fsp3) is 0.562. The molecule has 1 aliphatic heterocycles. The Morgan fingerprint density at radius 1 is 1.24 bits per heavy atom. The van der Waals surface area contributed by atoms with E-state index in [-0.39, 0.29) is 5.91 Å². The Kier molecular flexibility index (Phi) is 3.43. The third-order valence-electron chi connectivity index (χ3n) is 4.16. The summed E-state index contributed by atoms with van der Waals surface area (Å²) in [7, 11) is 0. The first-order valence-electron chi connectivity index (χ1n) is 7.57. The Bertz CT molecular complexity index is 681. The topological polar surface area (TPSA) is 50.5 Å². The minimum Gasteiger partial charge on any atom is -0.338 e. The minimum atomic E-state index is 0.0564. The number of rotatable bonds is 1. The predicted octanol–water partition coefficient (Wildman–Crippen LogP) is 2.46. The molecule has 0 unspecified atom stereocenters.